The van der Waals surface area contributed by atoms with Gasteiger partial charge in [0.05, 0.1) is 12.6 Å². The summed E-state index contributed by atoms with van der Waals surface area (Å²) in [5, 5.41) is 7.33. The van der Waals surface area contributed by atoms with Gasteiger partial charge in [-0.25, -0.2) is 0 Å². The smallest absolute Gasteiger partial charge is 0.241 e. The standard InChI is InChI=1S/C27H33BrN4O2/c1-18(19-8-10-22(11-9-19)27(2,3)4)29-26(33)20-12-14-32(15-13-20)17-24-30-25(31-34-24)21-6-5-7-23(28)16-21/h5-11,16,18,20H,12-15,17H2,1-4H3,(H,29,33). The van der Waals surface area contributed by atoms with Crippen LogP contribution in [0.2, 0.25) is 0 Å². The van der Waals surface area contributed by atoms with Gasteiger partial charge in [-0.05, 0) is 61.5 Å². The van der Waals surface area contributed by atoms with Gasteiger partial charge in [-0.2, -0.15) is 4.98 Å². The number of rotatable bonds is 6. The Balaban J connectivity index is 1.26. The molecular formula is C27H33BrN4O2. The van der Waals surface area contributed by atoms with Crippen LogP contribution in [0.1, 0.15) is 63.6 Å². The van der Waals surface area contributed by atoms with Crippen molar-refractivity contribution in [2.24, 2.45) is 5.92 Å². The fourth-order valence-corrected chi connectivity index (χ4v) is 4.69. The maximum Gasteiger partial charge on any atom is 0.241 e. The van der Waals surface area contributed by atoms with Crippen molar-refractivity contribution < 1.29 is 9.32 Å². The van der Waals surface area contributed by atoms with E-state index in [9.17, 15) is 4.79 Å². The summed E-state index contributed by atoms with van der Waals surface area (Å²) in [5.41, 5.74) is 3.48. The lowest BCUT2D eigenvalue weighted by Crippen LogP contribution is -2.41. The number of hydrogen-bond acceptors (Lipinski definition) is 5. The zero-order valence-electron chi connectivity index (χ0n) is 20.3. The molecule has 6 nitrogen and oxygen atoms in total. The van der Waals surface area contributed by atoms with E-state index < -0.39 is 0 Å². The van der Waals surface area contributed by atoms with Crippen LogP contribution in [-0.4, -0.2) is 34.0 Å². The predicted octanol–water partition coefficient (Wildman–Crippen LogP) is 5.89. The summed E-state index contributed by atoms with van der Waals surface area (Å²) in [5.74, 6) is 1.37. The van der Waals surface area contributed by atoms with Gasteiger partial charge in [-0.3, -0.25) is 9.69 Å². The zero-order valence-corrected chi connectivity index (χ0v) is 21.9. The Morgan fingerprint density at radius 1 is 1.18 bits per heavy atom. The molecule has 1 unspecified atom stereocenters. The summed E-state index contributed by atoms with van der Waals surface area (Å²) in [4.78, 5) is 19.7. The van der Waals surface area contributed by atoms with Crippen LogP contribution in [0, 0.1) is 5.92 Å². The molecule has 180 valence electrons. The van der Waals surface area contributed by atoms with Crippen molar-refractivity contribution in [3.63, 3.8) is 0 Å². The number of carbonyl (C=O) groups is 1. The van der Waals surface area contributed by atoms with Crippen molar-refractivity contribution >= 4 is 21.8 Å². The maximum absolute atomic E-state index is 12.9. The van der Waals surface area contributed by atoms with Gasteiger partial charge in [0.25, 0.3) is 0 Å². The minimum Gasteiger partial charge on any atom is -0.349 e. The van der Waals surface area contributed by atoms with E-state index in [2.05, 4.69) is 88.2 Å². The van der Waals surface area contributed by atoms with Gasteiger partial charge in [-0.15, -0.1) is 0 Å². The lowest BCUT2D eigenvalue weighted by molar-refractivity contribution is -0.127. The summed E-state index contributed by atoms with van der Waals surface area (Å²) in [7, 11) is 0. The highest BCUT2D eigenvalue weighted by Gasteiger charge is 2.27. The number of hydrogen-bond donors (Lipinski definition) is 1. The number of nitrogens with zero attached hydrogens (tertiary/aromatic N) is 3. The molecule has 0 aliphatic carbocycles. The highest BCUT2D eigenvalue weighted by Crippen LogP contribution is 2.25. The number of carbonyl (C=O) groups excluding carboxylic acids is 1. The SMILES string of the molecule is CC(NC(=O)C1CCN(Cc2nc(-c3cccc(Br)c3)no2)CC1)c1ccc(C(C)(C)C)cc1. The molecule has 7 heteroatoms. The fraction of sp³-hybridized carbons (Fsp3) is 0.444. The highest BCUT2D eigenvalue weighted by atomic mass is 79.9. The molecule has 1 aromatic heterocycles. The topological polar surface area (TPSA) is 71.3 Å². The second kappa shape index (κ2) is 10.4. The van der Waals surface area contributed by atoms with E-state index in [0.717, 1.165) is 41.5 Å². The summed E-state index contributed by atoms with van der Waals surface area (Å²) in [6, 6.07) is 16.4. The van der Waals surface area contributed by atoms with Crippen LogP contribution >= 0.6 is 15.9 Å². The van der Waals surface area contributed by atoms with Crippen LogP contribution in [0.25, 0.3) is 11.4 Å². The summed E-state index contributed by atoms with van der Waals surface area (Å²) in [6.07, 6.45) is 1.66. The summed E-state index contributed by atoms with van der Waals surface area (Å²) >= 11 is 3.47. The number of piperidine rings is 1. The first-order valence-electron chi connectivity index (χ1n) is 11.9. The Bertz CT molecular complexity index is 1110. The molecule has 2 heterocycles. The molecule has 0 saturated carbocycles. The van der Waals surface area contributed by atoms with Crippen molar-refractivity contribution in [2.75, 3.05) is 13.1 Å². The molecular weight excluding hydrogens is 492 g/mol. The quantitative estimate of drug-likeness (QED) is 0.435. The molecule has 1 atom stereocenters. The molecule has 1 fully saturated rings. The highest BCUT2D eigenvalue weighted by molar-refractivity contribution is 9.10. The third-order valence-corrected chi connectivity index (χ3v) is 7.00. The lowest BCUT2D eigenvalue weighted by Gasteiger charge is -2.31. The van der Waals surface area contributed by atoms with E-state index in [1.54, 1.807) is 0 Å². The summed E-state index contributed by atoms with van der Waals surface area (Å²) < 4.78 is 6.45. The first-order valence-corrected chi connectivity index (χ1v) is 12.7. The van der Waals surface area contributed by atoms with Gasteiger partial charge in [0, 0.05) is 16.0 Å². The van der Waals surface area contributed by atoms with Gasteiger partial charge < -0.3 is 9.84 Å². The fourth-order valence-electron chi connectivity index (χ4n) is 4.29. The molecule has 3 aromatic rings. The van der Waals surface area contributed by atoms with E-state index in [1.807, 2.05) is 24.3 Å². The zero-order chi connectivity index (χ0) is 24.3. The van der Waals surface area contributed by atoms with E-state index in [4.69, 9.17) is 4.52 Å². The average molecular weight is 525 g/mol. The number of likely N-dealkylation sites (tertiary alicyclic amines) is 1. The Hall–Kier alpha value is -2.51. The van der Waals surface area contributed by atoms with Crippen LogP contribution in [0.3, 0.4) is 0 Å². The molecule has 1 amide bonds. The van der Waals surface area contributed by atoms with Crippen LogP contribution in [-0.2, 0) is 16.8 Å². The van der Waals surface area contributed by atoms with Crippen molar-refractivity contribution in [1.29, 1.82) is 0 Å². The molecule has 1 aliphatic rings. The van der Waals surface area contributed by atoms with Gasteiger partial charge in [-0.1, -0.05) is 78.3 Å². The number of aromatic nitrogens is 2. The van der Waals surface area contributed by atoms with E-state index in [0.29, 0.717) is 18.3 Å². The molecule has 0 radical (unpaired) electrons. The van der Waals surface area contributed by atoms with Crippen LogP contribution in [0.5, 0.6) is 0 Å². The average Bonchev–Trinajstić information content (AvgIpc) is 3.27. The molecule has 2 aromatic carbocycles. The van der Waals surface area contributed by atoms with Crippen LogP contribution in [0.15, 0.2) is 57.5 Å². The number of halogens is 1. The number of nitrogens with one attached hydrogen (secondary N) is 1. The minimum absolute atomic E-state index is 0.00520. The van der Waals surface area contributed by atoms with E-state index in [1.165, 1.54) is 5.56 Å². The largest absolute Gasteiger partial charge is 0.349 e. The Kier molecular flexibility index (Phi) is 7.53. The Morgan fingerprint density at radius 2 is 1.88 bits per heavy atom. The van der Waals surface area contributed by atoms with Crippen molar-refractivity contribution in [1.82, 2.24) is 20.4 Å². The normalized spacial score (nSPS) is 16.4. The van der Waals surface area contributed by atoms with E-state index in [-0.39, 0.29) is 23.3 Å². The van der Waals surface area contributed by atoms with Crippen molar-refractivity contribution in [2.45, 2.75) is 58.5 Å². The molecule has 4 rings (SSSR count). The molecule has 0 spiro atoms. The third-order valence-electron chi connectivity index (χ3n) is 6.50. The van der Waals surface area contributed by atoms with Crippen molar-refractivity contribution in [3.05, 3.63) is 70.0 Å². The van der Waals surface area contributed by atoms with Gasteiger partial charge in [0.15, 0.2) is 0 Å². The van der Waals surface area contributed by atoms with Gasteiger partial charge in [0.1, 0.15) is 0 Å². The predicted molar refractivity (Wildman–Crippen MR) is 137 cm³/mol. The summed E-state index contributed by atoms with van der Waals surface area (Å²) in [6.45, 7) is 10.9. The van der Waals surface area contributed by atoms with Crippen LogP contribution < -0.4 is 5.32 Å². The molecule has 34 heavy (non-hydrogen) atoms. The molecule has 0 bridgehead atoms. The van der Waals surface area contributed by atoms with Crippen LogP contribution in [0.4, 0.5) is 0 Å². The van der Waals surface area contributed by atoms with E-state index >= 15 is 0 Å². The van der Waals surface area contributed by atoms with Gasteiger partial charge >= 0.3 is 0 Å². The number of amides is 1. The first kappa shape index (κ1) is 24.6. The van der Waals surface area contributed by atoms with Crippen molar-refractivity contribution in [3.8, 4) is 11.4 Å². The Morgan fingerprint density at radius 3 is 2.53 bits per heavy atom. The van der Waals surface area contributed by atoms with Gasteiger partial charge in [0.2, 0.25) is 17.6 Å². The second-order valence-corrected chi connectivity index (χ2v) is 11.1. The molecule has 1 N–H and O–H groups in total. The molecule has 1 aliphatic heterocycles. The Labute approximate surface area is 210 Å². The molecule has 1 saturated heterocycles. The number of benzene rings is 2. The minimum atomic E-state index is -0.00520. The third kappa shape index (κ3) is 6.13. The first-order chi connectivity index (χ1) is 16.2. The monoisotopic (exact) mass is 524 g/mol. The maximum atomic E-state index is 12.9. The second-order valence-electron chi connectivity index (χ2n) is 10.2. The lowest BCUT2D eigenvalue weighted by atomic mass is 9.86.